The number of hydrogen-bond donors (Lipinski definition) is 1. The monoisotopic (exact) mass is 352 g/mol. The van der Waals surface area contributed by atoms with Crippen LogP contribution in [0.1, 0.15) is 25.2 Å². The van der Waals surface area contributed by atoms with Crippen LogP contribution >= 0.6 is 15.9 Å². The average molecular weight is 353 g/mol. The van der Waals surface area contributed by atoms with Gasteiger partial charge < -0.3 is 9.88 Å². The Labute approximate surface area is 131 Å². The summed E-state index contributed by atoms with van der Waals surface area (Å²) in [5.41, 5.74) is 0.933. The minimum Gasteiger partial charge on any atom is -0.329 e. The van der Waals surface area contributed by atoms with E-state index < -0.39 is 0 Å². The second kappa shape index (κ2) is 6.82. The van der Waals surface area contributed by atoms with Crippen LogP contribution in [0.5, 0.6) is 0 Å². The molecule has 21 heavy (non-hydrogen) atoms. The molecule has 1 aromatic heterocycles. The molecule has 0 amide bonds. The van der Waals surface area contributed by atoms with E-state index in [0.29, 0.717) is 23.6 Å². The van der Waals surface area contributed by atoms with Crippen LogP contribution in [0, 0.1) is 10.1 Å². The van der Waals surface area contributed by atoms with Gasteiger partial charge in [-0.1, -0.05) is 26.0 Å². The van der Waals surface area contributed by atoms with Crippen molar-refractivity contribution in [1.82, 2.24) is 14.9 Å². The van der Waals surface area contributed by atoms with Crippen LogP contribution < -0.4 is 5.32 Å². The first-order chi connectivity index (χ1) is 9.99. The molecule has 0 bridgehead atoms. The molecule has 0 aliphatic heterocycles. The highest BCUT2D eigenvalue weighted by Crippen LogP contribution is 2.28. The summed E-state index contributed by atoms with van der Waals surface area (Å²) in [6.07, 6.45) is 3.62. The number of nitro groups is 1. The van der Waals surface area contributed by atoms with Gasteiger partial charge in [0.2, 0.25) is 0 Å². The van der Waals surface area contributed by atoms with Gasteiger partial charge in [-0.25, -0.2) is 4.98 Å². The summed E-state index contributed by atoms with van der Waals surface area (Å²) in [5.74, 6) is 0.905. The van der Waals surface area contributed by atoms with Crippen molar-refractivity contribution in [3.05, 3.63) is 56.6 Å². The molecular weight excluding hydrogens is 336 g/mol. The zero-order chi connectivity index (χ0) is 15.4. The SMILES string of the molecule is CC(C)NCc1nccn1Cc1cccc([N+](=O)[O-])c1Br. The highest BCUT2D eigenvalue weighted by molar-refractivity contribution is 9.10. The van der Waals surface area contributed by atoms with Gasteiger partial charge in [0.25, 0.3) is 5.69 Å². The van der Waals surface area contributed by atoms with Gasteiger partial charge in [-0.2, -0.15) is 0 Å². The maximum absolute atomic E-state index is 11.0. The number of hydrogen-bond acceptors (Lipinski definition) is 4. The highest BCUT2D eigenvalue weighted by atomic mass is 79.9. The van der Waals surface area contributed by atoms with Crippen LogP contribution in [0.15, 0.2) is 35.1 Å². The van der Waals surface area contributed by atoms with E-state index in [2.05, 4.69) is 40.1 Å². The molecule has 7 heteroatoms. The fourth-order valence-electron chi connectivity index (χ4n) is 1.96. The Morgan fingerprint density at radius 1 is 1.48 bits per heavy atom. The Balaban J connectivity index is 2.21. The smallest absolute Gasteiger partial charge is 0.283 e. The second-order valence-electron chi connectivity index (χ2n) is 5.01. The molecule has 0 spiro atoms. The summed E-state index contributed by atoms with van der Waals surface area (Å²) in [7, 11) is 0. The molecule has 0 radical (unpaired) electrons. The molecule has 2 rings (SSSR count). The largest absolute Gasteiger partial charge is 0.329 e. The third-order valence-corrected chi connectivity index (χ3v) is 3.98. The van der Waals surface area contributed by atoms with Crippen LogP contribution in [0.2, 0.25) is 0 Å². The number of nitrogens with one attached hydrogen (secondary N) is 1. The van der Waals surface area contributed by atoms with Gasteiger partial charge >= 0.3 is 0 Å². The fourth-order valence-corrected chi connectivity index (χ4v) is 2.49. The Bertz CT molecular complexity index is 640. The lowest BCUT2D eigenvalue weighted by Crippen LogP contribution is -2.24. The Morgan fingerprint density at radius 3 is 2.90 bits per heavy atom. The molecule has 112 valence electrons. The number of rotatable bonds is 6. The molecule has 0 saturated carbocycles. The summed E-state index contributed by atoms with van der Waals surface area (Å²) >= 11 is 3.32. The maximum atomic E-state index is 11.0. The van der Waals surface area contributed by atoms with Gasteiger partial charge in [-0.05, 0) is 21.5 Å². The van der Waals surface area contributed by atoms with Crippen molar-refractivity contribution < 1.29 is 4.92 Å². The van der Waals surface area contributed by atoms with Crippen molar-refractivity contribution in [2.24, 2.45) is 0 Å². The molecule has 0 aliphatic rings. The minimum absolute atomic E-state index is 0.0782. The lowest BCUT2D eigenvalue weighted by Gasteiger charge is -2.12. The molecule has 1 heterocycles. The number of nitrogens with zero attached hydrogens (tertiary/aromatic N) is 3. The quantitative estimate of drug-likeness (QED) is 0.640. The standard InChI is InChI=1S/C14H17BrN4O2/c1-10(2)17-8-13-16-6-7-18(13)9-11-4-3-5-12(14(11)15)19(20)21/h3-7,10,17H,8-9H2,1-2H3. The normalized spacial score (nSPS) is 11.0. The van der Waals surface area contributed by atoms with Crippen molar-refractivity contribution in [1.29, 1.82) is 0 Å². The van der Waals surface area contributed by atoms with E-state index in [1.54, 1.807) is 12.3 Å². The molecular formula is C14H17BrN4O2. The predicted molar refractivity (Wildman–Crippen MR) is 84.1 cm³/mol. The number of benzene rings is 1. The summed E-state index contributed by atoms with van der Waals surface area (Å²) in [4.78, 5) is 14.9. The molecule has 0 aliphatic carbocycles. The van der Waals surface area contributed by atoms with Crippen molar-refractivity contribution in [3.63, 3.8) is 0 Å². The molecule has 0 atom stereocenters. The molecule has 0 unspecified atom stereocenters. The van der Waals surface area contributed by atoms with E-state index >= 15 is 0 Å². The van der Waals surface area contributed by atoms with Crippen LogP contribution in [0.25, 0.3) is 0 Å². The lowest BCUT2D eigenvalue weighted by atomic mass is 10.2. The van der Waals surface area contributed by atoms with E-state index in [9.17, 15) is 10.1 Å². The summed E-state index contributed by atoms with van der Waals surface area (Å²) in [5, 5.41) is 14.3. The van der Waals surface area contributed by atoms with Crippen LogP contribution in [0.3, 0.4) is 0 Å². The van der Waals surface area contributed by atoms with E-state index in [-0.39, 0.29) is 10.6 Å². The Kier molecular flexibility index (Phi) is 5.08. The van der Waals surface area contributed by atoms with Gasteiger partial charge in [0, 0.05) is 24.5 Å². The van der Waals surface area contributed by atoms with Crippen molar-refractivity contribution in [2.45, 2.75) is 33.0 Å². The third-order valence-electron chi connectivity index (χ3n) is 3.07. The first-order valence-corrected chi connectivity index (χ1v) is 7.43. The predicted octanol–water partition coefficient (Wildman–Crippen LogP) is 3.10. The van der Waals surface area contributed by atoms with E-state index in [4.69, 9.17) is 0 Å². The molecule has 6 nitrogen and oxygen atoms in total. The summed E-state index contributed by atoms with van der Waals surface area (Å²) < 4.78 is 2.51. The maximum Gasteiger partial charge on any atom is 0.283 e. The first kappa shape index (κ1) is 15.7. The van der Waals surface area contributed by atoms with Crippen molar-refractivity contribution >= 4 is 21.6 Å². The molecule has 0 saturated heterocycles. The van der Waals surface area contributed by atoms with E-state index in [1.807, 2.05) is 16.8 Å². The molecule has 1 aromatic carbocycles. The molecule has 2 aromatic rings. The number of imidazole rings is 1. The fraction of sp³-hybridized carbons (Fsp3) is 0.357. The third kappa shape index (κ3) is 3.89. The van der Waals surface area contributed by atoms with Crippen LogP contribution in [0.4, 0.5) is 5.69 Å². The van der Waals surface area contributed by atoms with E-state index in [1.165, 1.54) is 6.07 Å². The van der Waals surface area contributed by atoms with Gasteiger partial charge in [0.15, 0.2) is 0 Å². The summed E-state index contributed by atoms with van der Waals surface area (Å²) in [6.45, 7) is 5.35. The zero-order valence-electron chi connectivity index (χ0n) is 11.9. The number of halogens is 1. The topological polar surface area (TPSA) is 73.0 Å². The zero-order valence-corrected chi connectivity index (χ0v) is 13.5. The number of aromatic nitrogens is 2. The van der Waals surface area contributed by atoms with E-state index in [0.717, 1.165) is 11.4 Å². The van der Waals surface area contributed by atoms with Gasteiger partial charge in [0.1, 0.15) is 10.3 Å². The summed E-state index contributed by atoms with van der Waals surface area (Å²) in [6, 6.07) is 5.43. The number of nitro benzene ring substituents is 1. The van der Waals surface area contributed by atoms with Gasteiger partial charge in [-0.15, -0.1) is 0 Å². The molecule has 0 fully saturated rings. The lowest BCUT2D eigenvalue weighted by molar-refractivity contribution is -0.385. The van der Waals surface area contributed by atoms with Crippen LogP contribution in [-0.4, -0.2) is 20.5 Å². The first-order valence-electron chi connectivity index (χ1n) is 6.64. The minimum atomic E-state index is -0.386. The average Bonchev–Trinajstić information content (AvgIpc) is 2.85. The van der Waals surface area contributed by atoms with Crippen LogP contribution in [-0.2, 0) is 13.1 Å². The van der Waals surface area contributed by atoms with Gasteiger partial charge in [-0.3, -0.25) is 10.1 Å². The molecule has 1 N–H and O–H groups in total. The Morgan fingerprint density at radius 2 is 2.24 bits per heavy atom. The van der Waals surface area contributed by atoms with Crippen molar-refractivity contribution in [3.8, 4) is 0 Å². The van der Waals surface area contributed by atoms with Gasteiger partial charge in [0.05, 0.1) is 18.0 Å². The van der Waals surface area contributed by atoms with Crippen molar-refractivity contribution in [2.75, 3.05) is 0 Å². The Hall–Kier alpha value is -1.73. The highest BCUT2D eigenvalue weighted by Gasteiger charge is 2.15. The second-order valence-corrected chi connectivity index (χ2v) is 5.81.